The summed E-state index contributed by atoms with van der Waals surface area (Å²) in [5.41, 5.74) is 4.03. The Balaban J connectivity index is 1.32. The summed E-state index contributed by atoms with van der Waals surface area (Å²) < 4.78 is 20.4. The first kappa shape index (κ1) is 25.6. The number of methoxy groups -OCH3 is 1. The van der Waals surface area contributed by atoms with Crippen LogP contribution in [0.25, 0.3) is 22.5 Å². The molecule has 1 aromatic carbocycles. The van der Waals surface area contributed by atoms with Gasteiger partial charge < -0.3 is 14.6 Å². The second-order valence-corrected chi connectivity index (χ2v) is 11.3. The third-order valence-corrected chi connectivity index (χ3v) is 9.21. The fraction of sp³-hybridized carbons (Fsp3) is 0.308. The molecule has 37 heavy (non-hydrogen) atoms. The van der Waals surface area contributed by atoms with Gasteiger partial charge in [-0.1, -0.05) is 23.9 Å². The molecule has 0 saturated carbocycles. The van der Waals surface area contributed by atoms with E-state index in [2.05, 4.69) is 20.9 Å². The highest BCUT2D eigenvalue weighted by Crippen LogP contribution is 2.38. The fourth-order valence-electron chi connectivity index (χ4n) is 4.45. The lowest BCUT2D eigenvalue weighted by Gasteiger charge is -2.13. The number of nitrogens with zero attached hydrogens (tertiary/aromatic N) is 3. The smallest absolute Gasteiger partial charge is 0.341 e. The van der Waals surface area contributed by atoms with Gasteiger partial charge in [-0.05, 0) is 55.9 Å². The number of benzene rings is 1. The van der Waals surface area contributed by atoms with Crippen molar-refractivity contribution < 1.29 is 18.7 Å². The van der Waals surface area contributed by atoms with E-state index in [0.717, 1.165) is 24.2 Å². The number of aromatic nitrogens is 3. The lowest BCUT2D eigenvalue weighted by Crippen LogP contribution is -2.16. The number of hydrogen-bond acceptors (Lipinski definition) is 8. The predicted molar refractivity (Wildman–Crippen MR) is 146 cm³/mol. The summed E-state index contributed by atoms with van der Waals surface area (Å²) in [5, 5.41) is 16.7. The molecule has 1 aliphatic carbocycles. The lowest BCUT2D eigenvalue weighted by atomic mass is 9.96. The number of anilines is 1. The predicted octanol–water partition coefficient (Wildman–Crippen LogP) is 6.29. The second-order valence-electron chi connectivity index (χ2n) is 8.50. The number of nitrogens with one attached hydrogen (secondary N) is 1. The highest BCUT2D eigenvalue weighted by Gasteiger charge is 2.24. The van der Waals surface area contributed by atoms with Gasteiger partial charge in [0.2, 0.25) is 5.91 Å². The van der Waals surface area contributed by atoms with Gasteiger partial charge in [-0.25, -0.2) is 9.18 Å². The zero-order valence-electron chi connectivity index (χ0n) is 20.4. The maximum absolute atomic E-state index is 13.4. The van der Waals surface area contributed by atoms with Crippen LogP contribution in [0.3, 0.4) is 0 Å². The number of halogens is 1. The molecule has 0 bridgehead atoms. The molecule has 3 heterocycles. The average molecular weight is 557 g/mol. The first-order valence-corrected chi connectivity index (χ1v) is 14.7. The Hall–Kier alpha value is -3.02. The molecule has 1 aliphatic rings. The first-order valence-electron chi connectivity index (χ1n) is 11.9. The highest BCUT2D eigenvalue weighted by molar-refractivity contribution is 7.99. The second kappa shape index (κ2) is 11.2. The topological polar surface area (TPSA) is 86.1 Å². The van der Waals surface area contributed by atoms with Gasteiger partial charge in [-0.15, -0.1) is 32.9 Å². The monoisotopic (exact) mass is 556 g/mol. The largest absolute Gasteiger partial charge is 0.465 e. The molecule has 0 radical (unpaired) electrons. The number of amides is 1. The summed E-state index contributed by atoms with van der Waals surface area (Å²) in [5.74, 6) is -0.267. The van der Waals surface area contributed by atoms with Gasteiger partial charge in [0.1, 0.15) is 16.4 Å². The maximum Gasteiger partial charge on any atom is 0.341 e. The zero-order valence-corrected chi connectivity index (χ0v) is 22.8. The fourth-order valence-corrected chi connectivity index (χ4v) is 7.35. The molecule has 3 aromatic heterocycles. The molecule has 11 heteroatoms. The van der Waals surface area contributed by atoms with Crippen molar-refractivity contribution in [2.24, 2.45) is 0 Å². The summed E-state index contributed by atoms with van der Waals surface area (Å²) in [6, 6.07) is 5.83. The molecule has 1 N–H and O–H groups in total. The minimum absolute atomic E-state index is 0.101. The van der Waals surface area contributed by atoms with E-state index in [1.807, 2.05) is 11.5 Å². The Morgan fingerprint density at radius 2 is 1.86 bits per heavy atom. The van der Waals surface area contributed by atoms with Crippen LogP contribution in [-0.2, 0) is 28.9 Å². The molecule has 0 aliphatic heterocycles. The molecule has 192 valence electrons. The number of ether oxygens (including phenoxy) is 1. The van der Waals surface area contributed by atoms with Crippen molar-refractivity contribution in [1.82, 2.24) is 14.8 Å². The third-order valence-electron chi connectivity index (χ3n) is 6.26. The maximum atomic E-state index is 13.4. The molecule has 0 atom stereocenters. The van der Waals surface area contributed by atoms with Gasteiger partial charge in [0.25, 0.3) is 0 Å². The number of carbonyl (C=O) groups excluding carboxylic acids is 2. The number of fused-ring (bicyclic) bond motifs is 1. The van der Waals surface area contributed by atoms with E-state index in [4.69, 9.17) is 4.74 Å². The molecular weight excluding hydrogens is 532 g/mol. The van der Waals surface area contributed by atoms with Gasteiger partial charge in [0, 0.05) is 33.3 Å². The molecule has 4 aromatic rings. The Kier molecular flexibility index (Phi) is 7.73. The van der Waals surface area contributed by atoms with Crippen LogP contribution in [0, 0.1) is 5.82 Å². The molecule has 0 fully saturated rings. The Morgan fingerprint density at radius 1 is 1.11 bits per heavy atom. The Morgan fingerprint density at radius 3 is 2.62 bits per heavy atom. The van der Waals surface area contributed by atoms with Crippen LogP contribution in [0.1, 0.15) is 40.6 Å². The van der Waals surface area contributed by atoms with E-state index in [0.29, 0.717) is 27.8 Å². The van der Waals surface area contributed by atoms with Crippen LogP contribution in [0.15, 0.2) is 40.2 Å². The Labute approximate surface area is 226 Å². The normalized spacial score (nSPS) is 12.8. The molecular formula is C26H25FN4O3S3. The summed E-state index contributed by atoms with van der Waals surface area (Å²) in [4.78, 5) is 26.9. The van der Waals surface area contributed by atoms with Gasteiger partial charge >= 0.3 is 5.97 Å². The van der Waals surface area contributed by atoms with Crippen molar-refractivity contribution in [3.8, 4) is 22.5 Å². The molecule has 0 unspecified atom stereocenters. The number of thioether (sulfide) groups is 1. The van der Waals surface area contributed by atoms with E-state index < -0.39 is 5.97 Å². The Bertz CT molecular complexity index is 1440. The van der Waals surface area contributed by atoms with Crippen LogP contribution in [-0.4, -0.2) is 39.5 Å². The van der Waals surface area contributed by atoms with E-state index in [1.54, 1.807) is 28.8 Å². The summed E-state index contributed by atoms with van der Waals surface area (Å²) >= 11 is 4.32. The molecule has 1 amide bonds. The van der Waals surface area contributed by atoms with E-state index in [9.17, 15) is 14.0 Å². The van der Waals surface area contributed by atoms with Crippen LogP contribution in [0.2, 0.25) is 0 Å². The SMILES string of the molecule is CCn1c(SCC(=O)Nc2scc(-c3ccc(F)cc3)c2C(=O)OC)nnc1-c1csc2c1CCCC2. The van der Waals surface area contributed by atoms with Crippen molar-refractivity contribution in [1.29, 1.82) is 0 Å². The van der Waals surface area contributed by atoms with Crippen molar-refractivity contribution in [3.05, 3.63) is 56.8 Å². The third kappa shape index (κ3) is 5.21. The minimum Gasteiger partial charge on any atom is -0.465 e. The first-order chi connectivity index (χ1) is 18.0. The van der Waals surface area contributed by atoms with Crippen molar-refractivity contribution >= 4 is 51.3 Å². The summed E-state index contributed by atoms with van der Waals surface area (Å²) in [7, 11) is 1.29. The van der Waals surface area contributed by atoms with E-state index in [1.165, 1.54) is 65.6 Å². The molecule has 7 nitrogen and oxygen atoms in total. The van der Waals surface area contributed by atoms with Crippen LogP contribution in [0.5, 0.6) is 0 Å². The van der Waals surface area contributed by atoms with Crippen LogP contribution < -0.4 is 5.32 Å². The number of aryl methyl sites for hydroxylation is 1. The van der Waals surface area contributed by atoms with Crippen LogP contribution in [0.4, 0.5) is 9.39 Å². The van der Waals surface area contributed by atoms with Crippen molar-refractivity contribution in [2.75, 3.05) is 18.2 Å². The number of rotatable bonds is 8. The quantitative estimate of drug-likeness (QED) is 0.203. The average Bonchev–Trinajstić information content (AvgIpc) is 3.63. The molecule has 0 spiro atoms. The highest BCUT2D eigenvalue weighted by atomic mass is 32.2. The summed E-state index contributed by atoms with van der Waals surface area (Å²) in [6.45, 7) is 2.73. The number of thiophene rings is 2. The van der Waals surface area contributed by atoms with E-state index in [-0.39, 0.29) is 23.0 Å². The lowest BCUT2D eigenvalue weighted by molar-refractivity contribution is -0.113. The minimum atomic E-state index is -0.571. The standard InChI is InChI=1S/C26H25FN4O3S3/c1-3-31-23(19-13-35-20-7-5-4-6-17(19)20)29-30-26(31)37-14-21(32)28-24-22(25(33)34-2)18(12-36-24)15-8-10-16(27)11-9-15/h8-13H,3-7,14H2,1-2H3,(H,28,32). The van der Waals surface area contributed by atoms with Crippen molar-refractivity contribution in [3.63, 3.8) is 0 Å². The van der Waals surface area contributed by atoms with Crippen molar-refractivity contribution in [2.45, 2.75) is 44.3 Å². The van der Waals surface area contributed by atoms with Gasteiger partial charge in [0.05, 0.1) is 12.9 Å². The number of carbonyl (C=O) groups is 2. The van der Waals surface area contributed by atoms with Gasteiger partial charge in [0.15, 0.2) is 11.0 Å². The van der Waals surface area contributed by atoms with Crippen LogP contribution >= 0.6 is 34.4 Å². The molecule has 0 saturated heterocycles. The number of esters is 1. The molecule has 5 rings (SSSR count). The zero-order chi connectivity index (χ0) is 25.9. The van der Waals surface area contributed by atoms with Gasteiger partial charge in [-0.2, -0.15) is 0 Å². The van der Waals surface area contributed by atoms with E-state index >= 15 is 0 Å². The summed E-state index contributed by atoms with van der Waals surface area (Å²) in [6.07, 6.45) is 4.62. The van der Waals surface area contributed by atoms with Gasteiger partial charge in [-0.3, -0.25) is 4.79 Å². The number of hydrogen-bond donors (Lipinski definition) is 1.